The van der Waals surface area contributed by atoms with E-state index in [9.17, 15) is 9.59 Å². The Hall–Kier alpha value is -3.63. The molecule has 1 unspecified atom stereocenters. The van der Waals surface area contributed by atoms with E-state index in [1.54, 1.807) is 17.2 Å². The number of carbonyl (C=O) groups excluding carboxylic acids is 1. The Morgan fingerprint density at radius 2 is 2.08 bits per heavy atom. The monoisotopic (exact) mass is 508 g/mol. The Balaban J connectivity index is 1.43. The lowest BCUT2D eigenvalue weighted by molar-refractivity contribution is -0.135. The van der Waals surface area contributed by atoms with Crippen LogP contribution in [0.25, 0.3) is 11.1 Å². The molecule has 36 heavy (non-hydrogen) atoms. The summed E-state index contributed by atoms with van der Waals surface area (Å²) < 4.78 is 12.4. The summed E-state index contributed by atoms with van der Waals surface area (Å²) in [5.74, 6) is 0.479. The van der Waals surface area contributed by atoms with Crippen LogP contribution in [-0.4, -0.2) is 51.6 Å². The second-order valence-corrected chi connectivity index (χ2v) is 9.56. The number of hydrogen-bond donors (Lipinski definition) is 2. The zero-order valence-corrected chi connectivity index (χ0v) is 20.3. The van der Waals surface area contributed by atoms with Crippen molar-refractivity contribution in [2.75, 3.05) is 36.9 Å². The first-order chi connectivity index (χ1) is 17.5. The van der Waals surface area contributed by atoms with Crippen molar-refractivity contribution in [2.24, 2.45) is 5.92 Å². The van der Waals surface area contributed by atoms with Crippen molar-refractivity contribution in [3.63, 3.8) is 0 Å². The van der Waals surface area contributed by atoms with Crippen LogP contribution in [0.4, 0.5) is 17.5 Å². The highest BCUT2D eigenvalue weighted by atomic mass is 35.5. The van der Waals surface area contributed by atoms with Gasteiger partial charge >= 0.3 is 5.76 Å². The van der Waals surface area contributed by atoms with Crippen LogP contribution in [-0.2, 0) is 22.5 Å². The molecule has 1 amide bonds. The third-order valence-corrected chi connectivity index (χ3v) is 7.01. The number of amides is 1. The Kier molecular flexibility index (Phi) is 5.98. The number of halogens is 1. The Morgan fingerprint density at radius 3 is 2.94 bits per heavy atom. The minimum Gasteiger partial charge on any atom is -0.407 e. The quantitative estimate of drug-likeness (QED) is 0.541. The molecule has 1 fully saturated rings. The number of ether oxygens (including phenoxy) is 1. The molecule has 1 atom stereocenters. The van der Waals surface area contributed by atoms with Gasteiger partial charge in [0.25, 0.3) is 0 Å². The van der Waals surface area contributed by atoms with Crippen LogP contribution in [0, 0.1) is 5.92 Å². The summed E-state index contributed by atoms with van der Waals surface area (Å²) in [6, 6.07) is 3.74. The minimum atomic E-state index is -0.555. The minimum absolute atomic E-state index is 0.101. The molecule has 2 aliphatic heterocycles. The molecule has 3 aromatic rings. The molecule has 1 aromatic carbocycles. The molecule has 10 nitrogen and oxygen atoms in total. The number of fused-ring (bicyclic) bond motifs is 8. The van der Waals surface area contributed by atoms with Crippen LogP contribution in [0.2, 0.25) is 5.02 Å². The Labute approximate surface area is 211 Å². The van der Waals surface area contributed by atoms with Crippen LogP contribution in [0.1, 0.15) is 18.4 Å². The molecular weight excluding hydrogens is 484 g/mol. The van der Waals surface area contributed by atoms with Crippen molar-refractivity contribution >= 4 is 46.1 Å². The van der Waals surface area contributed by atoms with Crippen LogP contribution in [0.3, 0.4) is 0 Å². The first kappa shape index (κ1) is 22.8. The maximum absolute atomic E-state index is 12.9. The molecule has 0 spiro atoms. The first-order valence-electron chi connectivity index (χ1n) is 12.0. The van der Waals surface area contributed by atoms with Gasteiger partial charge < -0.3 is 24.7 Å². The van der Waals surface area contributed by atoms with E-state index in [1.165, 1.54) is 4.57 Å². The molecule has 0 radical (unpaired) electrons. The molecule has 4 heterocycles. The van der Waals surface area contributed by atoms with E-state index in [-0.39, 0.29) is 12.5 Å². The maximum Gasteiger partial charge on any atom is 0.420 e. The van der Waals surface area contributed by atoms with E-state index < -0.39 is 5.76 Å². The van der Waals surface area contributed by atoms with Gasteiger partial charge in [-0.05, 0) is 49.0 Å². The lowest BCUT2D eigenvalue weighted by atomic mass is 9.91. The van der Waals surface area contributed by atoms with Gasteiger partial charge in [0.2, 0.25) is 11.9 Å². The van der Waals surface area contributed by atoms with E-state index in [0.29, 0.717) is 72.2 Å². The Morgan fingerprint density at radius 1 is 1.22 bits per heavy atom. The topological polar surface area (TPSA) is 115 Å². The summed E-state index contributed by atoms with van der Waals surface area (Å²) in [5.41, 5.74) is 3.64. The number of benzene rings is 1. The summed E-state index contributed by atoms with van der Waals surface area (Å²) in [4.78, 5) is 36.4. The van der Waals surface area contributed by atoms with Crippen molar-refractivity contribution in [1.29, 1.82) is 0 Å². The average Bonchev–Trinajstić information content (AvgIpc) is 3.20. The number of rotatable bonds is 2. The van der Waals surface area contributed by atoms with E-state index >= 15 is 0 Å². The van der Waals surface area contributed by atoms with Gasteiger partial charge in [-0.3, -0.25) is 9.36 Å². The van der Waals surface area contributed by atoms with Crippen LogP contribution < -0.4 is 16.4 Å². The highest BCUT2D eigenvalue weighted by Crippen LogP contribution is 2.32. The molecule has 0 saturated carbocycles. The predicted octanol–water partition coefficient (Wildman–Crippen LogP) is 3.46. The second-order valence-electron chi connectivity index (χ2n) is 9.15. The van der Waals surface area contributed by atoms with Crippen molar-refractivity contribution in [3.05, 3.63) is 63.4 Å². The SMILES string of the molecule is O=C(Cn1c(=O)oc2c3cc(cc21)Nc1nc(ncc1Cl)NC1=CC=CC(CC3)C1)N1CCOCC1. The summed E-state index contributed by atoms with van der Waals surface area (Å²) in [7, 11) is 0. The number of aromatic nitrogens is 3. The van der Waals surface area contributed by atoms with Crippen molar-refractivity contribution in [1.82, 2.24) is 19.4 Å². The van der Waals surface area contributed by atoms with Gasteiger partial charge in [0.05, 0.1) is 24.9 Å². The summed E-state index contributed by atoms with van der Waals surface area (Å²) in [6.07, 6.45) is 10.1. The third kappa shape index (κ3) is 4.49. The highest BCUT2D eigenvalue weighted by molar-refractivity contribution is 6.32. The van der Waals surface area contributed by atoms with Crippen molar-refractivity contribution in [2.45, 2.75) is 25.8 Å². The zero-order valence-electron chi connectivity index (χ0n) is 19.5. The number of nitrogens with zero attached hydrogens (tertiary/aromatic N) is 4. The number of aryl methyl sites for hydroxylation is 1. The van der Waals surface area contributed by atoms with Gasteiger partial charge in [-0.2, -0.15) is 4.98 Å². The fourth-order valence-electron chi connectivity index (χ4n) is 4.86. The fraction of sp³-hybridized carbons (Fsp3) is 0.360. The molecule has 1 saturated heterocycles. The molecule has 2 aromatic heterocycles. The highest BCUT2D eigenvalue weighted by Gasteiger charge is 2.23. The smallest absolute Gasteiger partial charge is 0.407 e. The number of carbonyl (C=O) groups is 1. The molecule has 186 valence electrons. The number of anilines is 3. The zero-order chi connectivity index (χ0) is 24.6. The van der Waals surface area contributed by atoms with Gasteiger partial charge in [0, 0.05) is 24.5 Å². The average molecular weight is 509 g/mol. The molecule has 6 bridgehead atoms. The predicted molar refractivity (Wildman–Crippen MR) is 135 cm³/mol. The van der Waals surface area contributed by atoms with Crippen molar-refractivity contribution in [3.8, 4) is 0 Å². The van der Waals surface area contributed by atoms with Crippen molar-refractivity contribution < 1.29 is 13.9 Å². The number of morpholine rings is 1. The number of allylic oxidation sites excluding steroid dienone is 4. The molecule has 11 heteroatoms. The van der Waals surface area contributed by atoms with E-state index in [1.807, 2.05) is 18.2 Å². The number of nitrogens with one attached hydrogen (secondary N) is 2. The molecular formula is C25H25ClN6O4. The van der Waals surface area contributed by atoms with Gasteiger partial charge in [-0.15, -0.1) is 0 Å². The van der Waals surface area contributed by atoms with Gasteiger partial charge in [-0.25, -0.2) is 9.78 Å². The fourth-order valence-corrected chi connectivity index (χ4v) is 5.00. The maximum atomic E-state index is 12.9. The number of hydrogen-bond acceptors (Lipinski definition) is 8. The molecule has 6 rings (SSSR count). The molecule has 3 aliphatic rings. The second kappa shape index (κ2) is 9.44. The van der Waals surface area contributed by atoms with E-state index in [4.69, 9.17) is 20.8 Å². The van der Waals surface area contributed by atoms with Crippen LogP contribution in [0.5, 0.6) is 0 Å². The third-order valence-electron chi connectivity index (χ3n) is 6.73. The largest absolute Gasteiger partial charge is 0.420 e. The summed E-state index contributed by atoms with van der Waals surface area (Å²) >= 11 is 6.40. The van der Waals surface area contributed by atoms with Gasteiger partial charge in [0.15, 0.2) is 11.4 Å². The molecule has 1 aliphatic carbocycles. The summed E-state index contributed by atoms with van der Waals surface area (Å²) in [6.45, 7) is 1.91. The Bertz CT molecular complexity index is 1450. The first-order valence-corrected chi connectivity index (χ1v) is 12.4. The molecule has 2 N–H and O–H groups in total. The number of oxazole rings is 1. The lowest BCUT2D eigenvalue weighted by Crippen LogP contribution is -2.43. The van der Waals surface area contributed by atoms with Gasteiger partial charge in [0.1, 0.15) is 11.6 Å². The van der Waals surface area contributed by atoms with Gasteiger partial charge in [-0.1, -0.05) is 23.8 Å². The van der Waals surface area contributed by atoms with Crippen LogP contribution in [0.15, 0.2) is 51.5 Å². The summed E-state index contributed by atoms with van der Waals surface area (Å²) in [5, 5.41) is 6.92. The lowest BCUT2D eigenvalue weighted by Gasteiger charge is -2.26. The normalized spacial score (nSPS) is 19.4. The van der Waals surface area contributed by atoms with E-state index in [0.717, 1.165) is 24.1 Å². The van der Waals surface area contributed by atoms with E-state index in [2.05, 4.69) is 26.7 Å². The van der Waals surface area contributed by atoms with Crippen LogP contribution >= 0.6 is 11.6 Å². The standard InChI is InChI=1S/C25H25ClN6O4/c26-19-13-27-24-29-17-3-1-2-15(10-17)4-5-16-11-18(28-23(19)30-24)12-20-22(16)36-25(34)32(20)14-21(33)31-6-8-35-9-7-31/h1-3,11-13,15H,4-10,14H2,(H2,27,28,29,30).